The molecule has 1 aromatic rings. The molecule has 1 aliphatic carbocycles. The number of benzene rings is 1. The van der Waals surface area contributed by atoms with Gasteiger partial charge in [0.25, 0.3) is 0 Å². The van der Waals surface area contributed by atoms with E-state index in [1.165, 1.54) is 0 Å². The number of hydrogen-bond acceptors (Lipinski definition) is 6. The molecule has 6 nitrogen and oxygen atoms in total. The zero-order valence-electron chi connectivity index (χ0n) is 16.3. The molecule has 0 bridgehead atoms. The summed E-state index contributed by atoms with van der Waals surface area (Å²) in [7, 11) is 1.98. The van der Waals surface area contributed by atoms with Gasteiger partial charge in [-0.1, -0.05) is 18.2 Å². The molecule has 0 saturated heterocycles. The van der Waals surface area contributed by atoms with E-state index in [0.717, 1.165) is 16.9 Å². The predicted octanol–water partition coefficient (Wildman–Crippen LogP) is 2.83. The van der Waals surface area contributed by atoms with Crippen molar-refractivity contribution in [3.05, 3.63) is 52.7 Å². The molecule has 0 saturated carbocycles. The molecular weight excluding hydrogens is 350 g/mol. The van der Waals surface area contributed by atoms with E-state index in [4.69, 9.17) is 10.5 Å². The molecule has 0 aromatic heterocycles. The largest absolute Gasteiger partial charge is 0.491 e. The SMILES string of the molecule is CC(C)Oc1ccc([C@@H]2[C@H]3CN(C)CC=C3C(C#N)=C(N)C2(C#N)C#N)cc1. The first kappa shape index (κ1) is 19.5. The normalized spacial score (nSPS) is 23.8. The van der Waals surface area contributed by atoms with Crippen LogP contribution in [-0.2, 0) is 0 Å². The topological polar surface area (TPSA) is 110 Å². The molecule has 3 rings (SSSR count). The van der Waals surface area contributed by atoms with Gasteiger partial charge in [-0.15, -0.1) is 0 Å². The van der Waals surface area contributed by atoms with E-state index in [1.807, 2.05) is 51.2 Å². The van der Waals surface area contributed by atoms with Crippen LogP contribution in [0.1, 0.15) is 25.3 Å². The van der Waals surface area contributed by atoms with Gasteiger partial charge in [0, 0.05) is 24.9 Å². The fraction of sp³-hybridized carbons (Fsp3) is 0.409. The summed E-state index contributed by atoms with van der Waals surface area (Å²) in [6.07, 6.45) is 2.04. The molecule has 28 heavy (non-hydrogen) atoms. The van der Waals surface area contributed by atoms with Crippen LogP contribution in [0.15, 0.2) is 47.2 Å². The van der Waals surface area contributed by atoms with Crippen molar-refractivity contribution in [2.45, 2.75) is 25.9 Å². The lowest BCUT2D eigenvalue weighted by Gasteiger charge is -2.45. The molecular formula is C22H23N5O. The first-order valence-corrected chi connectivity index (χ1v) is 9.26. The Labute approximate surface area is 165 Å². The summed E-state index contributed by atoms with van der Waals surface area (Å²) in [5.41, 5.74) is 6.70. The predicted molar refractivity (Wildman–Crippen MR) is 105 cm³/mol. The highest BCUT2D eigenvalue weighted by Crippen LogP contribution is 2.54. The van der Waals surface area contributed by atoms with Crippen LogP contribution < -0.4 is 10.5 Å². The van der Waals surface area contributed by atoms with E-state index in [-0.39, 0.29) is 23.3 Å². The Hall–Kier alpha value is -3.27. The maximum atomic E-state index is 10.0. The molecule has 0 fully saturated rings. The first-order chi connectivity index (χ1) is 13.4. The van der Waals surface area contributed by atoms with Gasteiger partial charge in [-0.3, -0.25) is 0 Å². The third-order valence-corrected chi connectivity index (χ3v) is 5.46. The van der Waals surface area contributed by atoms with Gasteiger partial charge >= 0.3 is 0 Å². The summed E-state index contributed by atoms with van der Waals surface area (Å²) < 4.78 is 5.71. The van der Waals surface area contributed by atoms with Crippen LogP contribution in [0.25, 0.3) is 0 Å². The molecule has 1 aliphatic heterocycles. The molecule has 0 unspecified atom stereocenters. The van der Waals surface area contributed by atoms with E-state index in [2.05, 4.69) is 23.1 Å². The number of nitrogens with two attached hydrogens (primary N) is 1. The van der Waals surface area contributed by atoms with E-state index >= 15 is 0 Å². The van der Waals surface area contributed by atoms with E-state index in [1.54, 1.807) is 0 Å². The average molecular weight is 373 g/mol. The van der Waals surface area contributed by atoms with Gasteiger partial charge in [-0.05, 0) is 44.2 Å². The minimum Gasteiger partial charge on any atom is -0.491 e. The first-order valence-electron chi connectivity index (χ1n) is 9.26. The minimum absolute atomic E-state index is 0.0520. The smallest absolute Gasteiger partial charge is 0.191 e. The molecule has 2 aliphatic rings. The molecule has 142 valence electrons. The van der Waals surface area contributed by atoms with Crippen LogP contribution >= 0.6 is 0 Å². The molecule has 2 N–H and O–H groups in total. The Kier molecular flexibility index (Phi) is 5.14. The second-order valence-corrected chi connectivity index (χ2v) is 7.63. The number of allylic oxidation sites excluding steroid dienone is 2. The Bertz CT molecular complexity index is 939. The average Bonchev–Trinajstić information content (AvgIpc) is 2.68. The third-order valence-electron chi connectivity index (χ3n) is 5.46. The molecule has 2 atom stereocenters. The van der Waals surface area contributed by atoms with Crippen LogP contribution in [0.4, 0.5) is 0 Å². The number of fused-ring (bicyclic) bond motifs is 1. The van der Waals surface area contributed by atoms with Crippen molar-refractivity contribution in [1.82, 2.24) is 4.90 Å². The molecule has 1 aromatic carbocycles. The van der Waals surface area contributed by atoms with Crippen LogP contribution in [-0.4, -0.2) is 31.1 Å². The maximum Gasteiger partial charge on any atom is 0.191 e. The molecule has 0 spiro atoms. The lowest BCUT2D eigenvalue weighted by molar-refractivity contribution is 0.235. The third kappa shape index (κ3) is 3.01. The van der Waals surface area contributed by atoms with Crippen molar-refractivity contribution in [3.8, 4) is 24.0 Å². The van der Waals surface area contributed by atoms with Crippen LogP contribution in [0, 0.1) is 45.3 Å². The Morgan fingerprint density at radius 3 is 2.36 bits per heavy atom. The van der Waals surface area contributed by atoms with E-state index < -0.39 is 11.3 Å². The minimum atomic E-state index is -1.59. The Morgan fingerprint density at radius 1 is 1.18 bits per heavy atom. The Balaban J connectivity index is 2.19. The number of likely N-dealkylation sites (N-methyl/N-ethyl adjacent to an activating group) is 1. The highest BCUT2D eigenvalue weighted by molar-refractivity contribution is 5.59. The number of hydrogen-bond donors (Lipinski definition) is 1. The van der Waals surface area contributed by atoms with Gasteiger partial charge in [-0.2, -0.15) is 15.8 Å². The van der Waals surface area contributed by atoms with Gasteiger partial charge < -0.3 is 15.4 Å². The van der Waals surface area contributed by atoms with Gasteiger partial charge in [0.15, 0.2) is 5.41 Å². The van der Waals surface area contributed by atoms with Gasteiger partial charge in [-0.25, -0.2) is 0 Å². The van der Waals surface area contributed by atoms with E-state index in [0.29, 0.717) is 13.1 Å². The van der Waals surface area contributed by atoms with Gasteiger partial charge in [0.05, 0.1) is 29.5 Å². The highest BCUT2D eigenvalue weighted by atomic mass is 16.5. The fourth-order valence-corrected chi connectivity index (χ4v) is 4.23. The number of rotatable bonds is 3. The monoisotopic (exact) mass is 373 g/mol. The second kappa shape index (κ2) is 7.39. The zero-order chi connectivity index (χ0) is 20.5. The fourth-order valence-electron chi connectivity index (χ4n) is 4.23. The maximum absolute atomic E-state index is 10.0. The number of ether oxygens (including phenoxy) is 1. The Morgan fingerprint density at radius 2 is 1.82 bits per heavy atom. The lowest BCUT2D eigenvalue weighted by Crippen LogP contribution is -2.47. The van der Waals surface area contributed by atoms with Crippen molar-refractivity contribution in [2.75, 3.05) is 20.1 Å². The highest BCUT2D eigenvalue weighted by Gasteiger charge is 2.54. The summed E-state index contributed by atoms with van der Waals surface area (Å²) in [4.78, 5) is 2.12. The summed E-state index contributed by atoms with van der Waals surface area (Å²) in [6.45, 7) is 5.25. The van der Waals surface area contributed by atoms with Crippen LogP contribution in [0.3, 0.4) is 0 Å². The zero-order valence-corrected chi connectivity index (χ0v) is 16.3. The lowest BCUT2D eigenvalue weighted by atomic mass is 9.58. The van der Waals surface area contributed by atoms with Crippen LogP contribution in [0.5, 0.6) is 5.75 Å². The summed E-state index contributed by atoms with van der Waals surface area (Å²) in [6, 6.07) is 13.9. The van der Waals surface area contributed by atoms with Gasteiger partial charge in [0.1, 0.15) is 11.8 Å². The summed E-state index contributed by atoms with van der Waals surface area (Å²) in [5, 5.41) is 29.8. The van der Waals surface area contributed by atoms with Crippen molar-refractivity contribution >= 4 is 0 Å². The number of nitrogens with zero attached hydrogens (tertiary/aromatic N) is 4. The molecule has 6 heteroatoms. The quantitative estimate of drug-likeness (QED) is 0.872. The number of nitriles is 3. The van der Waals surface area contributed by atoms with E-state index in [9.17, 15) is 15.8 Å². The summed E-state index contributed by atoms with van der Waals surface area (Å²) in [5.74, 6) is 0.0883. The van der Waals surface area contributed by atoms with Crippen molar-refractivity contribution in [2.24, 2.45) is 17.1 Å². The van der Waals surface area contributed by atoms with Gasteiger partial charge in [0.2, 0.25) is 0 Å². The van der Waals surface area contributed by atoms with Crippen molar-refractivity contribution in [1.29, 1.82) is 15.8 Å². The molecule has 0 radical (unpaired) electrons. The second-order valence-electron chi connectivity index (χ2n) is 7.63. The molecule has 0 amide bonds. The van der Waals surface area contributed by atoms with Crippen LogP contribution in [0.2, 0.25) is 0 Å². The standard InChI is InChI=1S/C22H23N5O/c1-14(2)28-16-6-4-15(5-7-16)20-19-11-27(3)9-8-17(19)18(10-23)21(26)22(20,12-24)13-25/h4-8,14,19-20H,9,11,26H2,1-3H3/t19-,20+/m0/s1. The van der Waals surface area contributed by atoms with Crippen molar-refractivity contribution < 1.29 is 4.74 Å². The summed E-state index contributed by atoms with van der Waals surface area (Å²) >= 11 is 0. The molecule has 1 heterocycles. The van der Waals surface area contributed by atoms with Crippen molar-refractivity contribution in [3.63, 3.8) is 0 Å².